The number of hydrogen-bond acceptors (Lipinski definition) is 3. The molecule has 2 aromatic carbocycles. The first-order chi connectivity index (χ1) is 11.7. The molecule has 3 heteroatoms. The van der Waals surface area contributed by atoms with E-state index in [1.165, 1.54) is 41.5 Å². The van der Waals surface area contributed by atoms with E-state index in [1.807, 2.05) is 6.20 Å². The highest BCUT2D eigenvalue weighted by molar-refractivity contribution is 5.83. The van der Waals surface area contributed by atoms with Gasteiger partial charge in [-0.1, -0.05) is 29.8 Å². The molecule has 0 N–H and O–H groups in total. The Kier molecular flexibility index (Phi) is 3.93. The third-order valence-corrected chi connectivity index (χ3v) is 4.90. The molecule has 1 aliphatic heterocycles. The predicted octanol–water partition coefficient (Wildman–Crippen LogP) is 4.90. The van der Waals surface area contributed by atoms with Gasteiger partial charge in [0.2, 0.25) is 0 Å². The average Bonchev–Trinajstić information content (AvgIpc) is 2.61. The molecule has 3 aromatic rings. The van der Waals surface area contributed by atoms with Gasteiger partial charge in [-0.2, -0.15) is 0 Å². The lowest BCUT2D eigenvalue weighted by Crippen LogP contribution is -2.30. The van der Waals surface area contributed by atoms with Gasteiger partial charge in [-0.3, -0.25) is 4.98 Å². The van der Waals surface area contributed by atoms with Gasteiger partial charge in [-0.15, -0.1) is 0 Å². The molecule has 0 saturated carbocycles. The van der Waals surface area contributed by atoms with Gasteiger partial charge in [0.05, 0.1) is 17.2 Å². The summed E-state index contributed by atoms with van der Waals surface area (Å²) < 4.78 is 0. The van der Waals surface area contributed by atoms with Crippen molar-refractivity contribution in [1.29, 1.82) is 0 Å². The van der Waals surface area contributed by atoms with E-state index in [4.69, 9.17) is 4.98 Å². The Morgan fingerprint density at radius 2 is 1.71 bits per heavy atom. The van der Waals surface area contributed by atoms with Crippen molar-refractivity contribution in [3.63, 3.8) is 0 Å². The van der Waals surface area contributed by atoms with Crippen molar-refractivity contribution in [3.8, 4) is 11.1 Å². The van der Waals surface area contributed by atoms with Crippen LogP contribution in [-0.4, -0.2) is 23.1 Å². The van der Waals surface area contributed by atoms with E-state index in [0.29, 0.717) is 0 Å². The molecule has 0 radical (unpaired) electrons. The molecule has 122 valence electrons. The number of aryl methyl sites for hydroxylation is 2. The zero-order valence-electron chi connectivity index (χ0n) is 14.4. The van der Waals surface area contributed by atoms with Crippen molar-refractivity contribution in [1.82, 2.24) is 9.97 Å². The van der Waals surface area contributed by atoms with Crippen LogP contribution < -0.4 is 4.90 Å². The molecule has 0 aliphatic carbocycles. The summed E-state index contributed by atoms with van der Waals surface area (Å²) in [5.74, 6) is 1.01. The summed E-state index contributed by atoms with van der Waals surface area (Å²) in [6, 6.07) is 13.0. The van der Waals surface area contributed by atoms with E-state index in [-0.39, 0.29) is 0 Å². The number of rotatable bonds is 2. The minimum Gasteiger partial charge on any atom is -0.355 e. The quantitative estimate of drug-likeness (QED) is 0.673. The van der Waals surface area contributed by atoms with Crippen LogP contribution in [0.1, 0.15) is 30.4 Å². The highest BCUT2D eigenvalue weighted by Crippen LogP contribution is 2.27. The summed E-state index contributed by atoms with van der Waals surface area (Å²) in [4.78, 5) is 11.9. The van der Waals surface area contributed by atoms with Crippen molar-refractivity contribution in [2.75, 3.05) is 18.0 Å². The minimum atomic E-state index is 0.962. The highest BCUT2D eigenvalue weighted by Gasteiger charge is 2.13. The van der Waals surface area contributed by atoms with Crippen LogP contribution in [0.25, 0.3) is 22.2 Å². The lowest BCUT2D eigenvalue weighted by molar-refractivity contribution is 0.573. The molecule has 0 unspecified atom stereocenters. The van der Waals surface area contributed by atoms with E-state index < -0.39 is 0 Å². The lowest BCUT2D eigenvalue weighted by atomic mass is 9.98. The second-order valence-corrected chi connectivity index (χ2v) is 6.80. The molecular formula is C21H23N3. The fraction of sp³-hybridized carbons (Fsp3) is 0.333. The smallest absolute Gasteiger partial charge is 0.147 e. The molecule has 4 rings (SSSR count). The second kappa shape index (κ2) is 6.23. The largest absolute Gasteiger partial charge is 0.355 e. The van der Waals surface area contributed by atoms with E-state index in [1.54, 1.807) is 0 Å². The maximum Gasteiger partial charge on any atom is 0.147 e. The van der Waals surface area contributed by atoms with Gasteiger partial charge < -0.3 is 4.90 Å². The Bertz CT molecular complexity index is 879. The van der Waals surface area contributed by atoms with E-state index in [9.17, 15) is 0 Å². The maximum absolute atomic E-state index is 4.90. The first-order valence-corrected chi connectivity index (χ1v) is 8.80. The Hall–Kier alpha value is -2.42. The summed E-state index contributed by atoms with van der Waals surface area (Å²) in [5, 5.41) is 0. The molecule has 1 aliphatic rings. The monoisotopic (exact) mass is 317 g/mol. The third-order valence-electron chi connectivity index (χ3n) is 4.90. The van der Waals surface area contributed by atoms with Crippen LogP contribution in [0.2, 0.25) is 0 Å². The number of benzene rings is 2. The van der Waals surface area contributed by atoms with Crippen LogP contribution in [0.15, 0.2) is 42.6 Å². The molecule has 2 heterocycles. The van der Waals surface area contributed by atoms with Crippen molar-refractivity contribution >= 4 is 16.9 Å². The first-order valence-electron chi connectivity index (χ1n) is 8.80. The fourth-order valence-electron chi connectivity index (χ4n) is 3.58. The molecule has 0 atom stereocenters. The normalized spacial score (nSPS) is 15.0. The van der Waals surface area contributed by atoms with Crippen LogP contribution in [0.3, 0.4) is 0 Å². The molecular weight excluding hydrogens is 294 g/mol. The SMILES string of the molecule is Cc1ccc(-c2ccc3ncc(N4CCCCC4)nc3c2)c(C)c1. The molecule has 1 aromatic heterocycles. The summed E-state index contributed by atoms with van der Waals surface area (Å²) in [6.07, 6.45) is 5.75. The zero-order chi connectivity index (χ0) is 16.5. The van der Waals surface area contributed by atoms with Crippen molar-refractivity contribution in [2.24, 2.45) is 0 Å². The van der Waals surface area contributed by atoms with Crippen LogP contribution in [0, 0.1) is 13.8 Å². The fourth-order valence-corrected chi connectivity index (χ4v) is 3.58. The zero-order valence-corrected chi connectivity index (χ0v) is 14.4. The predicted molar refractivity (Wildman–Crippen MR) is 101 cm³/mol. The second-order valence-electron chi connectivity index (χ2n) is 6.80. The summed E-state index contributed by atoms with van der Waals surface area (Å²) >= 11 is 0. The molecule has 0 bridgehead atoms. The molecule has 1 saturated heterocycles. The highest BCUT2D eigenvalue weighted by atomic mass is 15.2. The summed E-state index contributed by atoms with van der Waals surface area (Å²) in [6.45, 7) is 6.49. The standard InChI is InChI=1S/C21H23N3/c1-15-6-8-18(16(2)12-15)17-7-9-19-20(13-17)23-21(14-22-19)24-10-4-3-5-11-24/h6-9,12-14H,3-5,10-11H2,1-2H3. The lowest BCUT2D eigenvalue weighted by Gasteiger charge is -2.27. The van der Waals surface area contributed by atoms with Crippen molar-refractivity contribution < 1.29 is 0 Å². The first kappa shape index (κ1) is 15.1. The van der Waals surface area contributed by atoms with E-state index >= 15 is 0 Å². The van der Waals surface area contributed by atoms with Crippen LogP contribution >= 0.6 is 0 Å². The van der Waals surface area contributed by atoms with E-state index in [0.717, 1.165) is 29.9 Å². The van der Waals surface area contributed by atoms with Gasteiger partial charge in [-0.05, 0) is 61.9 Å². The summed E-state index contributed by atoms with van der Waals surface area (Å²) in [7, 11) is 0. The topological polar surface area (TPSA) is 29.0 Å². The average molecular weight is 317 g/mol. The van der Waals surface area contributed by atoms with Crippen molar-refractivity contribution in [3.05, 3.63) is 53.7 Å². The van der Waals surface area contributed by atoms with Gasteiger partial charge in [0.25, 0.3) is 0 Å². The number of aromatic nitrogens is 2. The number of nitrogens with zero attached hydrogens (tertiary/aromatic N) is 3. The number of hydrogen-bond donors (Lipinski definition) is 0. The Balaban J connectivity index is 1.75. The van der Waals surface area contributed by atoms with Crippen LogP contribution in [0.4, 0.5) is 5.82 Å². The molecule has 24 heavy (non-hydrogen) atoms. The Morgan fingerprint density at radius 3 is 2.50 bits per heavy atom. The summed E-state index contributed by atoms with van der Waals surface area (Å²) in [5.41, 5.74) is 7.02. The van der Waals surface area contributed by atoms with Crippen molar-refractivity contribution in [2.45, 2.75) is 33.1 Å². The molecule has 1 fully saturated rings. The van der Waals surface area contributed by atoms with Crippen LogP contribution in [-0.2, 0) is 0 Å². The van der Waals surface area contributed by atoms with Gasteiger partial charge in [0.1, 0.15) is 5.82 Å². The molecule has 0 spiro atoms. The van der Waals surface area contributed by atoms with Gasteiger partial charge >= 0.3 is 0 Å². The minimum absolute atomic E-state index is 0.962. The molecule has 0 amide bonds. The number of piperidine rings is 1. The Labute approximate surface area is 143 Å². The maximum atomic E-state index is 4.90. The molecule has 3 nitrogen and oxygen atoms in total. The van der Waals surface area contributed by atoms with Crippen LogP contribution in [0.5, 0.6) is 0 Å². The number of anilines is 1. The van der Waals surface area contributed by atoms with Gasteiger partial charge in [0.15, 0.2) is 0 Å². The third kappa shape index (κ3) is 2.86. The van der Waals surface area contributed by atoms with Gasteiger partial charge in [-0.25, -0.2) is 4.98 Å². The van der Waals surface area contributed by atoms with E-state index in [2.05, 4.69) is 60.1 Å². The Morgan fingerprint density at radius 1 is 0.875 bits per heavy atom. The number of fused-ring (bicyclic) bond motifs is 1. The van der Waals surface area contributed by atoms with Gasteiger partial charge in [0, 0.05) is 13.1 Å².